The topological polar surface area (TPSA) is 93.5 Å². The number of carbonyl (C=O) groups is 2. The fourth-order valence-electron chi connectivity index (χ4n) is 1.24. The summed E-state index contributed by atoms with van der Waals surface area (Å²) < 4.78 is 5.06. The molecular weight excluding hydrogens is 266 g/mol. The second-order valence-electron chi connectivity index (χ2n) is 4.89. The monoisotopic (exact) mass is 285 g/mol. The molecule has 0 saturated carbocycles. The third-order valence-electron chi connectivity index (χ3n) is 1.98. The molecule has 0 saturated heterocycles. The summed E-state index contributed by atoms with van der Waals surface area (Å²) >= 11 is 1.28. The summed E-state index contributed by atoms with van der Waals surface area (Å²) in [5.41, 5.74) is 5.55. The number of carbonyl (C=O) groups excluding carboxylic acids is 2. The Labute approximate surface area is 116 Å². The number of anilines is 1. The molecule has 4 N–H and O–H groups in total. The van der Waals surface area contributed by atoms with E-state index in [4.69, 9.17) is 10.5 Å². The van der Waals surface area contributed by atoms with Crippen LogP contribution in [0.15, 0.2) is 11.4 Å². The lowest BCUT2D eigenvalue weighted by atomic mass is 10.2. The number of alkyl carbamates (subject to hydrolysis) is 1. The molecule has 0 radical (unpaired) electrons. The molecule has 6 nitrogen and oxygen atoms in total. The highest BCUT2D eigenvalue weighted by molar-refractivity contribution is 7.12. The number of hydrogen-bond donors (Lipinski definition) is 3. The molecule has 0 aliphatic carbocycles. The molecule has 19 heavy (non-hydrogen) atoms. The van der Waals surface area contributed by atoms with E-state index in [0.717, 1.165) is 0 Å². The molecule has 0 fully saturated rings. The van der Waals surface area contributed by atoms with Crippen molar-refractivity contribution >= 4 is 29.0 Å². The lowest BCUT2D eigenvalue weighted by molar-refractivity contribution is 0.0526. The molecule has 0 unspecified atom stereocenters. The molecule has 0 atom stereocenters. The number of amides is 2. The zero-order valence-electron chi connectivity index (χ0n) is 11.3. The van der Waals surface area contributed by atoms with E-state index >= 15 is 0 Å². The zero-order chi connectivity index (χ0) is 14.5. The van der Waals surface area contributed by atoms with Gasteiger partial charge in [-0.15, -0.1) is 11.3 Å². The van der Waals surface area contributed by atoms with Crippen LogP contribution in [-0.2, 0) is 4.74 Å². The average molecular weight is 285 g/mol. The van der Waals surface area contributed by atoms with Gasteiger partial charge in [-0.2, -0.15) is 0 Å². The summed E-state index contributed by atoms with van der Waals surface area (Å²) in [6.07, 6.45) is -0.502. The van der Waals surface area contributed by atoms with E-state index in [1.165, 1.54) is 11.3 Å². The summed E-state index contributed by atoms with van der Waals surface area (Å²) in [7, 11) is 0. The third-order valence-corrected chi connectivity index (χ3v) is 2.91. The summed E-state index contributed by atoms with van der Waals surface area (Å²) in [4.78, 5) is 23.5. The van der Waals surface area contributed by atoms with Crippen LogP contribution in [0.1, 0.15) is 30.4 Å². The van der Waals surface area contributed by atoms with Crippen LogP contribution in [0.4, 0.5) is 10.5 Å². The molecule has 0 aromatic carbocycles. The summed E-state index contributed by atoms with van der Waals surface area (Å²) in [5, 5.41) is 6.97. The van der Waals surface area contributed by atoms with E-state index in [0.29, 0.717) is 23.7 Å². The molecule has 0 aliphatic heterocycles. The largest absolute Gasteiger partial charge is 0.444 e. The van der Waals surface area contributed by atoms with Gasteiger partial charge in [0.05, 0.1) is 5.69 Å². The molecule has 106 valence electrons. The van der Waals surface area contributed by atoms with Crippen molar-refractivity contribution < 1.29 is 14.3 Å². The number of nitrogens with one attached hydrogen (secondary N) is 2. The molecule has 1 aromatic heterocycles. The van der Waals surface area contributed by atoms with Crippen LogP contribution in [0.2, 0.25) is 0 Å². The first-order chi connectivity index (χ1) is 8.79. The van der Waals surface area contributed by atoms with Gasteiger partial charge in [-0.3, -0.25) is 4.79 Å². The van der Waals surface area contributed by atoms with Gasteiger partial charge in [0.2, 0.25) is 0 Å². The first-order valence-corrected chi connectivity index (χ1v) is 6.75. The van der Waals surface area contributed by atoms with Crippen molar-refractivity contribution in [2.45, 2.75) is 26.4 Å². The predicted octanol–water partition coefficient (Wildman–Crippen LogP) is 1.58. The Morgan fingerprint density at radius 1 is 1.32 bits per heavy atom. The Kier molecular flexibility index (Phi) is 5.17. The quantitative estimate of drug-likeness (QED) is 0.732. The maximum atomic E-state index is 11.7. The molecule has 1 heterocycles. The highest BCUT2D eigenvalue weighted by Gasteiger charge is 2.15. The molecule has 0 spiro atoms. The Bertz CT molecular complexity index is 451. The Morgan fingerprint density at radius 2 is 1.95 bits per heavy atom. The Hall–Kier alpha value is -1.76. The minimum atomic E-state index is -0.529. The molecule has 0 bridgehead atoms. The number of nitrogens with two attached hydrogens (primary N) is 1. The number of rotatable bonds is 4. The SMILES string of the molecule is CC(C)(C)OC(=O)NCCNC(=O)c1sccc1N. The van der Waals surface area contributed by atoms with Crippen LogP contribution >= 0.6 is 11.3 Å². The van der Waals surface area contributed by atoms with Gasteiger partial charge in [-0.05, 0) is 32.2 Å². The van der Waals surface area contributed by atoms with Gasteiger partial charge in [0, 0.05) is 13.1 Å². The molecule has 0 aliphatic rings. The van der Waals surface area contributed by atoms with Gasteiger partial charge in [-0.25, -0.2) is 4.79 Å². The summed E-state index contributed by atoms with van der Waals surface area (Å²) in [6.45, 7) is 5.97. The second kappa shape index (κ2) is 6.42. The van der Waals surface area contributed by atoms with E-state index < -0.39 is 11.7 Å². The van der Waals surface area contributed by atoms with Gasteiger partial charge in [-0.1, -0.05) is 0 Å². The smallest absolute Gasteiger partial charge is 0.407 e. The minimum Gasteiger partial charge on any atom is -0.444 e. The first kappa shape index (κ1) is 15.3. The third kappa shape index (κ3) is 5.60. The van der Waals surface area contributed by atoms with Crippen molar-refractivity contribution in [3.63, 3.8) is 0 Å². The fourth-order valence-corrected chi connectivity index (χ4v) is 1.97. The number of nitrogen functional groups attached to an aromatic ring is 1. The normalized spacial score (nSPS) is 10.9. The summed E-state index contributed by atoms with van der Waals surface area (Å²) in [6, 6.07) is 1.68. The van der Waals surface area contributed by atoms with E-state index in [1.54, 1.807) is 32.2 Å². The number of ether oxygens (including phenoxy) is 1. The maximum Gasteiger partial charge on any atom is 0.407 e. The summed E-state index contributed by atoms with van der Waals surface area (Å²) in [5.74, 6) is -0.238. The van der Waals surface area contributed by atoms with Crippen molar-refractivity contribution in [2.24, 2.45) is 0 Å². The number of hydrogen-bond acceptors (Lipinski definition) is 5. The molecular formula is C12H19N3O3S. The van der Waals surface area contributed by atoms with Crippen LogP contribution < -0.4 is 16.4 Å². The van der Waals surface area contributed by atoms with Crippen molar-refractivity contribution in [2.75, 3.05) is 18.8 Å². The van der Waals surface area contributed by atoms with Gasteiger partial charge in [0.15, 0.2) is 0 Å². The highest BCUT2D eigenvalue weighted by Crippen LogP contribution is 2.17. The molecule has 7 heteroatoms. The highest BCUT2D eigenvalue weighted by atomic mass is 32.1. The minimum absolute atomic E-state index is 0.238. The lowest BCUT2D eigenvalue weighted by Gasteiger charge is -2.19. The number of thiophene rings is 1. The second-order valence-corrected chi connectivity index (χ2v) is 5.81. The van der Waals surface area contributed by atoms with Crippen LogP contribution in [-0.4, -0.2) is 30.7 Å². The van der Waals surface area contributed by atoms with Gasteiger partial charge in [0.25, 0.3) is 5.91 Å². The Balaban J connectivity index is 2.23. The first-order valence-electron chi connectivity index (χ1n) is 5.87. The molecule has 1 rings (SSSR count). The van der Waals surface area contributed by atoms with Gasteiger partial charge < -0.3 is 21.1 Å². The maximum absolute atomic E-state index is 11.7. The predicted molar refractivity (Wildman–Crippen MR) is 75.3 cm³/mol. The van der Waals surface area contributed by atoms with Gasteiger partial charge in [0.1, 0.15) is 10.5 Å². The molecule has 2 amide bonds. The Morgan fingerprint density at radius 3 is 2.47 bits per heavy atom. The van der Waals surface area contributed by atoms with E-state index in [9.17, 15) is 9.59 Å². The molecule has 1 aromatic rings. The van der Waals surface area contributed by atoms with Crippen molar-refractivity contribution in [1.82, 2.24) is 10.6 Å². The van der Waals surface area contributed by atoms with Crippen molar-refractivity contribution in [3.8, 4) is 0 Å². The zero-order valence-corrected chi connectivity index (χ0v) is 12.1. The average Bonchev–Trinajstić information content (AvgIpc) is 2.68. The van der Waals surface area contributed by atoms with Crippen LogP contribution in [0.25, 0.3) is 0 Å². The lowest BCUT2D eigenvalue weighted by Crippen LogP contribution is -2.37. The standard InChI is InChI=1S/C12H19N3O3S/c1-12(2,3)18-11(17)15-6-5-14-10(16)9-8(13)4-7-19-9/h4,7H,5-6,13H2,1-3H3,(H,14,16)(H,15,17). The fraction of sp³-hybridized carbons (Fsp3) is 0.500. The van der Waals surface area contributed by atoms with Crippen LogP contribution in [0, 0.1) is 0 Å². The van der Waals surface area contributed by atoms with Crippen LogP contribution in [0.5, 0.6) is 0 Å². The van der Waals surface area contributed by atoms with E-state index in [1.807, 2.05) is 0 Å². The van der Waals surface area contributed by atoms with Crippen LogP contribution in [0.3, 0.4) is 0 Å². The van der Waals surface area contributed by atoms with Crippen molar-refractivity contribution in [1.29, 1.82) is 0 Å². The van der Waals surface area contributed by atoms with E-state index in [2.05, 4.69) is 10.6 Å². The van der Waals surface area contributed by atoms with Gasteiger partial charge >= 0.3 is 6.09 Å². The van der Waals surface area contributed by atoms with E-state index in [-0.39, 0.29) is 5.91 Å². The van der Waals surface area contributed by atoms with Crippen molar-refractivity contribution in [3.05, 3.63) is 16.3 Å².